The van der Waals surface area contributed by atoms with Crippen molar-refractivity contribution >= 4 is 27.5 Å². The summed E-state index contributed by atoms with van der Waals surface area (Å²) in [5.74, 6) is -0.902. The molecule has 10 nitrogen and oxygen atoms in total. The molecule has 2 aromatic carbocycles. The van der Waals surface area contributed by atoms with E-state index in [1.165, 1.54) is 22.8 Å². The van der Waals surface area contributed by atoms with Crippen molar-refractivity contribution in [2.75, 3.05) is 18.4 Å². The van der Waals surface area contributed by atoms with Crippen LogP contribution in [0, 0.1) is 0 Å². The summed E-state index contributed by atoms with van der Waals surface area (Å²) in [6, 6.07) is 14.1. The van der Waals surface area contributed by atoms with E-state index in [0.717, 1.165) is 5.69 Å². The molecular weight excluding hydrogens is 432 g/mol. The maximum absolute atomic E-state index is 12.9. The highest BCUT2D eigenvalue weighted by Crippen LogP contribution is 2.26. The number of aromatic nitrogens is 3. The minimum absolute atomic E-state index is 0.145. The molecule has 0 spiro atoms. The lowest BCUT2D eigenvalue weighted by atomic mass is 10.2. The number of anilines is 1. The van der Waals surface area contributed by atoms with Crippen molar-refractivity contribution in [2.24, 2.45) is 0 Å². The molecule has 1 fully saturated rings. The Bertz CT molecular complexity index is 1180. The Morgan fingerprint density at radius 1 is 1.06 bits per heavy atom. The Kier molecular flexibility index (Phi) is 6.28. The van der Waals surface area contributed by atoms with E-state index in [1.54, 1.807) is 53.5 Å². The summed E-state index contributed by atoms with van der Waals surface area (Å²) in [7, 11) is -3.78. The quantitative estimate of drug-likeness (QED) is 0.552. The zero-order chi connectivity index (χ0) is 22.6. The second-order valence-electron chi connectivity index (χ2n) is 7.24. The summed E-state index contributed by atoms with van der Waals surface area (Å²) in [6.07, 6.45) is 3.97. The monoisotopic (exact) mass is 454 g/mol. The SMILES string of the molecule is O=C(CNC(=O)C1CCCN1S(=O)(=O)c1ccccc1)Nc1ccc(-n2cncn2)cc1. The van der Waals surface area contributed by atoms with Gasteiger partial charge in [0.2, 0.25) is 21.8 Å². The number of carbonyl (C=O) groups excluding carboxylic acids is 2. The van der Waals surface area contributed by atoms with Crippen molar-refractivity contribution in [1.82, 2.24) is 24.4 Å². The van der Waals surface area contributed by atoms with E-state index in [4.69, 9.17) is 0 Å². The Labute approximate surface area is 185 Å². The Balaban J connectivity index is 1.33. The van der Waals surface area contributed by atoms with Crippen molar-refractivity contribution in [3.63, 3.8) is 0 Å². The second kappa shape index (κ2) is 9.28. The second-order valence-corrected chi connectivity index (χ2v) is 9.13. The Morgan fingerprint density at radius 2 is 1.81 bits per heavy atom. The van der Waals surface area contributed by atoms with Crippen LogP contribution in [0.4, 0.5) is 5.69 Å². The summed E-state index contributed by atoms with van der Waals surface area (Å²) in [5.41, 5.74) is 1.34. The van der Waals surface area contributed by atoms with Gasteiger partial charge in [-0.1, -0.05) is 18.2 Å². The van der Waals surface area contributed by atoms with Crippen LogP contribution < -0.4 is 10.6 Å². The minimum Gasteiger partial charge on any atom is -0.346 e. The van der Waals surface area contributed by atoms with Crippen molar-refractivity contribution < 1.29 is 18.0 Å². The maximum Gasteiger partial charge on any atom is 0.243 e. The number of carbonyl (C=O) groups is 2. The number of amides is 2. The van der Waals surface area contributed by atoms with E-state index in [0.29, 0.717) is 18.5 Å². The average molecular weight is 455 g/mol. The van der Waals surface area contributed by atoms with Crippen molar-refractivity contribution in [1.29, 1.82) is 0 Å². The number of hydrogen-bond acceptors (Lipinski definition) is 6. The summed E-state index contributed by atoms with van der Waals surface area (Å²) in [4.78, 5) is 28.9. The van der Waals surface area contributed by atoms with E-state index in [9.17, 15) is 18.0 Å². The van der Waals surface area contributed by atoms with Gasteiger partial charge in [-0.3, -0.25) is 9.59 Å². The van der Waals surface area contributed by atoms with Crippen molar-refractivity contribution in [3.05, 3.63) is 67.3 Å². The minimum atomic E-state index is -3.78. The van der Waals surface area contributed by atoms with Crippen molar-refractivity contribution in [3.8, 4) is 5.69 Å². The van der Waals surface area contributed by atoms with Crippen LogP contribution in [0.3, 0.4) is 0 Å². The van der Waals surface area contributed by atoms with Crippen LogP contribution in [0.25, 0.3) is 5.69 Å². The molecule has 0 bridgehead atoms. The van der Waals surface area contributed by atoms with Crippen LogP contribution in [-0.4, -0.2) is 58.4 Å². The van der Waals surface area contributed by atoms with Gasteiger partial charge in [0.05, 0.1) is 17.1 Å². The molecule has 4 rings (SSSR count). The van der Waals surface area contributed by atoms with Crippen LogP contribution in [0.15, 0.2) is 72.1 Å². The maximum atomic E-state index is 12.9. The molecule has 2 heterocycles. The lowest BCUT2D eigenvalue weighted by Crippen LogP contribution is -2.47. The molecule has 1 aliphatic heterocycles. The zero-order valence-corrected chi connectivity index (χ0v) is 17.9. The number of benzene rings is 2. The van der Waals surface area contributed by atoms with E-state index in [2.05, 4.69) is 20.7 Å². The van der Waals surface area contributed by atoms with Gasteiger partial charge < -0.3 is 10.6 Å². The Morgan fingerprint density at radius 3 is 2.50 bits per heavy atom. The predicted molar refractivity (Wildman–Crippen MR) is 116 cm³/mol. The highest BCUT2D eigenvalue weighted by molar-refractivity contribution is 7.89. The number of rotatable bonds is 7. The lowest BCUT2D eigenvalue weighted by molar-refractivity contribution is -0.126. The smallest absolute Gasteiger partial charge is 0.243 e. The molecule has 1 aromatic heterocycles. The predicted octanol–water partition coefficient (Wildman–Crippen LogP) is 1.18. The Hall–Kier alpha value is -3.57. The molecule has 0 saturated carbocycles. The van der Waals surface area contributed by atoms with Crippen molar-refractivity contribution in [2.45, 2.75) is 23.8 Å². The molecule has 1 atom stereocenters. The fourth-order valence-electron chi connectivity index (χ4n) is 3.55. The molecule has 1 unspecified atom stereocenters. The first kappa shape index (κ1) is 21.7. The molecule has 1 saturated heterocycles. The van der Waals surface area contributed by atoms with Gasteiger partial charge in [-0.15, -0.1) is 0 Å². The molecule has 0 radical (unpaired) electrons. The summed E-state index contributed by atoms with van der Waals surface area (Å²) in [5, 5.41) is 9.28. The summed E-state index contributed by atoms with van der Waals surface area (Å²) >= 11 is 0. The molecule has 166 valence electrons. The number of sulfonamides is 1. The third kappa shape index (κ3) is 4.68. The highest BCUT2D eigenvalue weighted by atomic mass is 32.2. The van der Waals surface area contributed by atoms with E-state index in [1.807, 2.05) is 0 Å². The topological polar surface area (TPSA) is 126 Å². The van der Waals surface area contributed by atoms with E-state index >= 15 is 0 Å². The van der Waals surface area contributed by atoms with Gasteiger partial charge in [0.15, 0.2) is 0 Å². The number of nitrogens with zero attached hydrogens (tertiary/aromatic N) is 4. The van der Waals surface area contributed by atoms with Gasteiger partial charge in [0, 0.05) is 12.2 Å². The first-order chi connectivity index (χ1) is 15.4. The van der Waals surface area contributed by atoms with E-state index in [-0.39, 0.29) is 18.0 Å². The number of hydrogen-bond donors (Lipinski definition) is 2. The normalized spacial score (nSPS) is 16.6. The van der Waals surface area contributed by atoms with Crippen LogP contribution >= 0.6 is 0 Å². The van der Waals surface area contributed by atoms with Gasteiger partial charge in [-0.05, 0) is 49.2 Å². The first-order valence-corrected chi connectivity index (χ1v) is 11.5. The molecule has 1 aliphatic rings. The average Bonchev–Trinajstić information content (AvgIpc) is 3.51. The van der Waals surface area contributed by atoms with Gasteiger partial charge >= 0.3 is 0 Å². The van der Waals surface area contributed by atoms with Crippen LogP contribution in [-0.2, 0) is 19.6 Å². The number of nitrogens with one attached hydrogen (secondary N) is 2. The van der Waals surface area contributed by atoms with E-state index < -0.39 is 27.9 Å². The third-order valence-corrected chi connectivity index (χ3v) is 7.04. The molecule has 32 heavy (non-hydrogen) atoms. The van der Waals surface area contributed by atoms with Gasteiger partial charge in [0.1, 0.15) is 18.7 Å². The largest absolute Gasteiger partial charge is 0.346 e. The molecule has 2 N–H and O–H groups in total. The first-order valence-electron chi connectivity index (χ1n) is 10.0. The summed E-state index contributed by atoms with van der Waals surface area (Å²) < 4.78 is 28.6. The standard InChI is InChI=1S/C21H22N6O4S/c28-20(25-16-8-10-17(11-9-16)26-15-22-14-24-26)13-23-21(29)19-7-4-12-27(19)32(30,31)18-5-2-1-3-6-18/h1-3,5-6,8-11,14-15,19H,4,7,12-13H2,(H,23,29)(H,25,28). The third-order valence-electron chi connectivity index (χ3n) is 5.11. The molecule has 3 aromatic rings. The van der Waals surface area contributed by atoms with Crippen LogP contribution in [0.2, 0.25) is 0 Å². The molecule has 11 heteroatoms. The molecule has 2 amide bonds. The fraction of sp³-hybridized carbons (Fsp3) is 0.238. The lowest BCUT2D eigenvalue weighted by Gasteiger charge is -2.23. The fourth-order valence-corrected chi connectivity index (χ4v) is 5.22. The molecular formula is C21H22N6O4S. The van der Waals surface area contributed by atoms with Crippen LogP contribution in [0.1, 0.15) is 12.8 Å². The van der Waals surface area contributed by atoms with Crippen LogP contribution in [0.5, 0.6) is 0 Å². The summed E-state index contributed by atoms with van der Waals surface area (Å²) in [6.45, 7) is -0.000975. The molecule has 0 aliphatic carbocycles. The van der Waals surface area contributed by atoms with Gasteiger partial charge in [-0.25, -0.2) is 18.1 Å². The van der Waals surface area contributed by atoms with Gasteiger partial charge in [-0.2, -0.15) is 9.40 Å². The van der Waals surface area contributed by atoms with Gasteiger partial charge in [0.25, 0.3) is 0 Å². The zero-order valence-electron chi connectivity index (χ0n) is 17.1. The highest BCUT2D eigenvalue weighted by Gasteiger charge is 2.39.